The van der Waals surface area contributed by atoms with Crippen LogP contribution in [-0.4, -0.2) is 11.9 Å². The average molecular weight is 255 g/mol. The third kappa shape index (κ3) is 7.05. The Hall–Kier alpha value is -1.38. The number of hydrogen-bond acceptors (Lipinski definition) is 1. The highest BCUT2D eigenvalue weighted by atomic mass is 19.1. The van der Waals surface area contributed by atoms with E-state index in [1.54, 1.807) is 13.0 Å². The molecule has 0 fully saturated rings. The molecule has 0 aliphatic rings. The SMILES string of the molecule is CC.CC.Cc1ccc(C(=O)NC(C)C)c(F)c1. The lowest BCUT2D eigenvalue weighted by Gasteiger charge is -2.08. The van der Waals surface area contributed by atoms with E-state index in [1.807, 2.05) is 41.5 Å². The molecule has 0 radical (unpaired) electrons. The van der Waals surface area contributed by atoms with Gasteiger partial charge >= 0.3 is 0 Å². The van der Waals surface area contributed by atoms with Crippen molar-refractivity contribution in [3.8, 4) is 0 Å². The van der Waals surface area contributed by atoms with Gasteiger partial charge in [-0.05, 0) is 38.5 Å². The van der Waals surface area contributed by atoms with Crippen LogP contribution < -0.4 is 5.32 Å². The first-order chi connectivity index (χ1) is 8.50. The molecular formula is C15H26FNO. The molecule has 0 bridgehead atoms. The number of aryl methyl sites for hydroxylation is 1. The summed E-state index contributed by atoms with van der Waals surface area (Å²) >= 11 is 0. The Kier molecular flexibility index (Phi) is 11.3. The third-order valence-electron chi connectivity index (χ3n) is 1.79. The van der Waals surface area contributed by atoms with E-state index in [2.05, 4.69) is 5.32 Å². The topological polar surface area (TPSA) is 29.1 Å². The molecule has 0 atom stereocenters. The molecule has 0 aromatic heterocycles. The molecule has 0 aliphatic heterocycles. The fraction of sp³-hybridized carbons (Fsp3) is 0.533. The summed E-state index contributed by atoms with van der Waals surface area (Å²) in [5.41, 5.74) is 0.910. The van der Waals surface area contributed by atoms with Gasteiger partial charge in [0.2, 0.25) is 0 Å². The van der Waals surface area contributed by atoms with Crippen molar-refractivity contribution in [2.45, 2.75) is 54.5 Å². The Balaban J connectivity index is 0. The lowest BCUT2D eigenvalue weighted by atomic mass is 10.1. The number of carbonyl (C=O) groups excluding carboxylic acids is 1. The molecule has 0 aliphatic carbocycles. The van der Waals surface area contributed by atoms with Crippen molar-refractivity contribution < 1.29 is 9.18 Å². The lowest BCUT2D eigenvalue weighted by Crippen LogP contribution is -2.30. The van der Waals surface area contributed by atoms with Crippen molar-refractivity contribution in [2.24, 2.45) is 0 Å². The maximum Gasteiger partial charge on any atom is 0.254 e. The summed E-state index contributed by atoms with van der Waals surface area (Å²) in [6.45, 7) is 13.5. The summed E-state index contributed by atoms with van der Waals surface area (Å²) in [6, 6.07) is 4.60. The summed E-state index contributed by atoms with van der Waals surface area (Å²) in [5, 5.41) is 2.64. The number of halogens is 1. The van der Waals surface area contributed by atoms with E-state index in [4.69, 9.17) is 0 Å². The van der Waals surface area contributed by atoms with Gasteiger partial charge < -0.3 is 5.32 Å². The molecule has 1 N–H and O–H groups in total. The lowest BCUT2D eigenvalue weighted by molar-refractivity contribution is 0.0939. The fourth-order valence-corrected chi connectivity index (χ4v) is 1.14. The van der Waals surface area contributed by atoms with Crippen LogP contribution in [0, 0.1) is 12.7 Å². The van der Waals surface area contributed by atoms with Crippen molar-refractivity contribution >= 4 is 5.91 Å². The van der Waals surface area contributed by atoms with Gasteiger partial charge in [0.25, 0.3) is 5.91 Å². The molecule has 0 saturated carbocycles. The van der Waals surface area contributed by atoms with Crippen LogP contribution in [0.25, 0.3) is 0 Å². The Bertz CT molecular complexity index is 348. The zero-order valence-electron chi connectivity index (χ0n) is 12.6. The van der Waals surface area contributed by atoms with Crippen molar-refractivity contribution in [3.05, 3.63) is 35.1 Å². The maximum atomic E-state index is 13.3. The zero-order valence-corrected chi connectivity index (χ0v) is 12.6. The predicted octanol–water partition coefficient (Wildman–Crippen LogP) is 4.32. The minimum atomic E-state index is -0.469. The molecule has 0 saturated heterocycles. The second kappa shape index (κ2) is 10.8. The van der Waals surface area contributed by atoms with Crippen LogP contribution in [0.15, 0.2) is 18.2 Å². The minimum Gasteiger partial charge on any atom is -0.350 e. The van der Waals surface area contributed by atoms with E-state index in [0.717, 1.165) is 5.56 Å². The van der Waals surface area contributed by atoms with Crippen LogP contribution in [0.2, 0.25) is 0 Å². The highest BCUT2D eigenvalue weighted by molar-refractivity contribution is 5.94. The van der Waals surface area contributed by atoms with Gasteiger partial charge in [-0.3, -0.25) is 4.79 Å². The van der Waals surface area contributed by atoms with E-state index < -0.39 is 5.82 Å². The molecule has 1 rings (SSSR count). The Morgan fingerprint density at radius 3 is 2.06 bits per heavy atom. The summed E-state index contributed by atoms with van der Waals surface area (Å²) in [5.74, 6) is -0.833. The van der Waals surface area contributed by atoms with Crippen LogP contribution in [0.5, 0.6) is 0 Å². The van der Waals surface area contributed by atoms with E-state index in [9.17, 15) is 9.18 Å². The Labute approximate surface area is 111 Å². The first kappa shape index (κ1) is 19.0. The Morgan fingerprint density at radius 2 is 1.67 bits per heavy atom. The average Bonchev–Trinajstić information content (AvgIpc) is 2.33. The molecule has 0 heterocycles. The summed E-state index contributed by atoms with van der Waals surface area (Å²) in [4.78, 5) is 11.4. The minimum absolute atomic E-state index is 0.0169. The Morgan fingerprint density at radius 1 is 1.17 bits per heavy atom. The van der Waals surface area contributed by atoms with Gasteiger partial charge in [-0.25, -0.2) is 4.39 Å². The number of rotatable bonds is 2. The number of amides is 1. The molecule has 2 nitrogen and oxygen atoms in total. The molecule has 1 amide bonds. The van der Waals surface area contributed by atoms with Crippen molar-refractivity contribution in [3.63, 3.8) is 0 Å². The van der Waals surface area contributed by atoms with Crippen LogP contribution >= 0.6 is 0 Å². The van der Waals surface area contributed by atoms with Crippen LogP contribution in [-0.2, 0) is 0 Å². The molecule has 1 aromatic rings. The van der Waals surface area contributed by atoms with Crippen molar-refractivity contribution in [1.82, 2.24) is 5.32 Å². The fourth-order valence-electron chi connectivity index (χ4n) is 1.14. The maximum absolute atomic E-state index is 13.3. The van der Waals surface area contributed by atoms with Crippen molar-refractivity contribution in [1.29, 1.82) is 0 Å². The van der Waals surface area contributed by atoms with E-state index >= 15 is 0 Å². The quantitative estimate of drug-likeness (QED) is 0.837. The highest BCUT2D eigenvalue weighted by Crippen LogP contribution is 2.09. The molecule has 0 unspecified atom stereocenters. The number of hydrogen-bond donors (Lipinski definition) is 1. The third-order valence-corrected chi connectivity index (χ3v) is 1.79. The van der Waals surface area contributed by atoms with Crippen LogP contribution in [0.3, 0.4) is 0 Å². The van der Waals surface area contributed by atoms with Gasteiger partial charge in [0, 0.05) is 6.04 Å². The van der Waals surface area contributed by atoms with Crippen LogP contribution in [0.4, 0.5) is 4.39 Å². The van der Waals surface area contributed by atoms with Crippen LogP contribution in [0.1, 0.15) is 57.5 Å². The highest BCUT2D eigenvalue weighted by Gasteiger charge is 2.11. The standard InChI is InChI=1S/C11H14FNO.2C2H6/c1-7(2)13-11(14)9-5-4-8(3)6-10(9)12;2*1-2/h4-7H,1-3H3,(H,13,14);2*1-2H3. The summed E-state index contributed by atoms with van der Waals surface area (Å²) < 4.78 is 13.3. The van der Waals surface area contributed by atoms with Gasteiger partial charge in [-0.15, -0.1) is 0 Å². The first-order valence-electron chi connectivity index (χ1n) is 6.57. The van der Waals surface area contributed by atoms with E-state index in [1.165, 1.54) is 12.1 Å². The normalized spacial score (nSPS) is 8.72. The molecule has 1 aromatic carbocycles. The monoisotopic (exact) mass is 255 g/mol. The smallest absolute Gasteiger partial charge is 0.254 e. The summed E-state index contributed by atoms with van der Waals surface area (Å²) in [7, 11) is 0. The molecule has 0 spiro atoms. The molecule has 3 heteroatoms. The first-order valence-corrected chi connectivity index (χ1v) is 6.57. The van der Waals surface area contributed by atoms with Crippen molar-refractivity contribution in [2.75, 3.05) is 0 Å². The summed E-state index contributed by atoms with van der Waals surface area (Å²) in [6.07, 6.45) is 0. The second-order valence-corrected chi connectivity index (χ2v) is 3.61. The largest absolute Gasteiger partial charge is 0.350 e. The van der Waals surface area contributed by atoms with E-state index in [0.29, 0.717) is 0 Å². The number of nitrogens with one attached hydrogen (secondary N) is 1. The molecule has 104 valence electrons. The zero-order chi connectivity index (χ0) is 14.7. The van der Waals surface area contributed by atoms with E-state index in [-0.39, 0.29) is 17.5 Å². The predicted molar refractivity (Wildman–Crippen MR) is 76.4 cm³/mol. The number of carbonyl (C=O) groups is 1. The van der Waals surface area contributed by atoms with Gasteiger partial charge in [0.15, 0.2) is 0 Å². The van der Waals surface area contributed by atoms with Gasteiger partial charge in [0.1, 0.15) is 5.82 Å². The van der Waals surface area contributed by atoms with Gasteiger partial charge in [-0.1, -0.05) is 33.8 Å². The molecule has 18 heavy (non-hydrogen) atoms. The molecular weight excluding hydrogens is 229 g/mol. The number of benzene rings is 1. The van der Waals surface area contributed by atoms with Gasteiger partial charge in [-0.2, -0.15) is 0 Å². The second-order valence-electron chi connectivity index (χ2n) is 3.61. The van der Waals surface area contributed by atoms with Gasteiger partial charge in [0.05, 0.1) is 5.56 Å².